The largest absolute Gasteiger partial charge is 0.464 e. The van der Waals surface area contributed by atoms with Crippen LogP contribution >= 0.6 is 0 Å². The summed E-state index contributed by atoms with van der Waals surface area (Å²) in [6.45, 7) is 3.01. The van der Waals surface area contributed by atoms with Gasteiger partial charge >= 0.3 is 5.82 Å². The molecule has 0 bridgehead atoms. The maximum atomic E-state index is 5.55. The Bertz CT molecular complexity index is 1060. The number of nitrogens with zero attached hydrogens (tertiary/aromatic N) is 2. The third-order valence-electron chi connectivity index (χ3n) is 4.05. The zero-order chi connectivity index (χ0) is 15.6. The second-order valence-electron chi connectivity index (χ2n) is 5.41. The van der Waals surface area contributed by atoms with E-state index in [9.17, 15) is 0 Å². The van der Waals surface area contributed by atoms with E-state index in [1.807, 2.05) is 30.3 Å². The van der Waals surface area contributed by atoms with Crippen molar-refractivity contribution in [2.45, 2.75) is 13.5 Å². The lowest BCUT2D eigenvalue weighted by Gasteiger charge is -2.03. The molecule has 4 rings (SSSR count). The van der Waals surface area contributed by atoms with Crippen molar-refractivity contribution >= 4 is 27.7 Å². The van der Waals surface area contributed by atoms with Crippen LogP contribution in [0.4, 0.5) is 5.82 Å². The van der Waals surface area contributed by atoms with Crippen LogP contribution < -0.4 is 9.92 Å². The van der Waals surface area contributed by atoms with Crippen LogP contribution in [0.15, 0.2) is 82.4 Å². The lowest BCUT2D eigenvalue weighted by Crippen LogP contribution is -2.34. The first-order valence-electron chi connectivity index (χ1n) is 7.79. The average Bonchev–Trinajstić information content (AvgIpc) is 2.62. The van der Waals surface area contributed by atoms with Gasteiger partial charge in [0.25, 0.3) is 0 Å². The zero-order valence-corrected chi connectivity index (χ0v) is 12.9. The molecule has 2 aromatic heterocycles. The van der Waals surface area contributed by atoms with E-state index < -0.39 is 0 Å². The van der Waals surface area contributed by atoms with Crippen molar-refractivity contribution in [2.24, 2.45) is 4.99 Å². The Kier molecular flexibility index (Phi) is 3.39. The number of aryl methyl sites for hydroxylation is 1. The fraction of sp³-hybridized carbons (Fsp3) is 0.100. The molecule has 23 heavy (non-hydrogen) atoms. The summed E-state index contributed by atoms with van der Waals surface area (Å²) in [5.41, 5.74) is 2.04. The smallest absolute Gasteiger partial charge is 0.324 e. The minimum Gasteiger partial charge on any atom is -0.464 e. The highest BCUT2D eigenvalue weighted by Crippen LogP contribution is 2.15. The van der Waals surface area contributed by atoms with Gasteiger partial charge in [-0.2, -0.15) is 0 Å². The molecule has 0 saturated heterocycles. The van der Waals surface area contributed by atoms with Crippen molar-refractivity contribution in [1.82, 2.24) is 0 Å². The molecule has 112 valence electrons. The molecule has 0 fully saturated rings. The Morgan fingerprint density at radius 3 is 2.65 bits per heavy atom. The Balaban J connectivity index is 2.02. The van der Waals surface area contributed by atoms with Crippen molar-refractivity contribution < 1.29 is 8.98 Å². The van der Waals surface area contributed by atoms with Gasteiger partial charge in [0.15, 0.2) is 5.36 Å². The minimum atomic E-state index is 0.845. The highest BCUT2D eigenvalue weighted by Gasteiger charge is 2.12. The number of benzene rings is 2. The van der Waals surface area contributed by atoms with Gasteiger partial charge < -0.3 is 4.42 Å². The molecule has 0 spiro atoms. The quantitative estimate of drug-likeness (QED) is 0.512. The van der Waals surface area contributed by atoms with Gasteiger partial charge in [-0.3, -0.25) is 0 Å². The summed E-state index contributed by atoms with van der Waals surface area (Å²) in [6.07, 6.45) is 1.69. The van der Waals surface area contributed by atoms with Gasteiger partial charge in [-0.25, -0.2) is 4.57 Å². The molecule has 0 saturated carbocycles. The molecule has 2 heterocycles. The maximum Gasteiger partial charge on any atom is 0.324 e. The Labute approximate surface area is 134 Å². The van der Waals surface area contributed by atoms with Gasteiger partial charge in [-0.15, -0.1) is 0 Å². The zero-order valence-electron chi connectivity index (χ0n) is 12.9. The third kappa shape index (κ3) is 2.40. The van der Waals surface area contributed by atoms with Gasteiger partial charge in [-0.05, 0) is 36.2 Å². The molecule has 0 unspecified atom stereocenters. The second kappa shape index (κ2) is 5.69. The topological polar surface area (TPSA) is 29.4 Å². The highest BCUT2D eigenvalue weighted by atomic mass is 16.3. The predicted molar refractivity (Wildman–Crippen MR) is 91.3 cm³/mol. The van der Waals surface area contributed by atoms with Crippen molar-refractivity contribution in [3.8, 4) is 0 Å². The standard InChI is InChI=1S/C20H17N2O/c1-2-22-18-9-5-3-7-15(18)11-12-20(22)21-17-13-14-23-19-10-6-4-8-16(17)19/h3-14H,2H2,1H3/q+1. The molecule has 0 amide bonds. The Morgan fingerprint density at radius 2 is 1.74 bits per heavy atom. The van der Waals surface area contributed by atoms with Crippen molar-refractivity contribution in [3.63, 3.8) is 0 Å². The number of aromatic nitrogens is 1. The third-order valence-corrected chi connectivity index (χ3v) is 4.05. The average molecular weight is 301 g/mol. The van der Waals surface area contributed by atoms with Crippen LogP contribution in [0, 0.1) is 0 Å². The van der Waals surface area contributed by atoms with Crippen molar-refractivity contribution in [3.05, 3.63) is 78.4 Å². The van der Waals surface area contributed by atoms with Gasteiger partial charge in [-0.1, -0.05) is 30.3 Å². The molecule has 3 heteroatoms. The van der Waals surface area contributed by atoms with Crippen LogP contribution in [0.5, 0.6) is 0 Å². The molecular weight excluding hydrogens is 284 g/mol. The summed E-state index contributed by atoms with van der Waals surface area (Å²) in [6, 6.07) is 22.5. The summed E-state index contributed by atoms with van der Waals surface area (Å²) < 4.78 is 7.78. The number of rotatable bonds is 2. The predicted octanol–water partition coefficient (Wildman–Crippen LogP) is 4.13. The SMILES string of the molecule is CC[n+]1c(N=c2ccoc3ccccc23)ccc2ccccc21. The molecule has 0 radical (unpaired) electrons. The fourth-order valence-electron chi connectivity index (χ4n) is 2.95. The Hall–Kier alpha value is -2.94. The molecule has 0 atom stereocenters. The van der Waals surface area contributed by atoms with Crippen LogP contribution in [0.3, 0.4) is 0 Å². The molecule has 3 nitrogen and oxygen atoms in total. The number of fused-ring (bicyclic) bond motifs is 2. The molecule has 0 aliphatic rings. The number of pyridine rings is 1. The van der Waals surface area contributed by atoms with Crippen molar-refractivity contribution in [1.29, 1.82) is 0 Å². The number of hydrogen-bond acceptors (Lipinski definition) is 2. The van der Waals surface area contributed by atoms with E-state index >= 15 is 0 Å². The molecule has 4 aromatic rings. The van der Waals surface area contributed by atoms with Crippen LogP contribution in [0.2, 0.25) is 0 Å². The van der Waals surface area contributed by atoms with Crippen LogP contribution in [-0.2, 0) is 6.54 Å². The molecule has 2 aromatic carbocycles. The lowest BCUT2D eigenvalue weighted by atomic mass is 10.2. The number of hydrogen-bond donors (Lipinski definition) is 0. The number of para-hydroxylation sites is 2. The van der Waals surface area contributed by atoms with Gasteiger partial charge in [0.1, 0.15) is 11.1 Å². The fourth-order valence-corrected chi connectivity index (χ4v) is 2.95. The lowest BCUT2D eigenvalue weighted by molar-refractivity contribution is -0.654. The normalized spacial score (nSPS) is 12.1. The van der Waals surface area contributed by atoms with E-state index in [-0.39, 0.29) is 0 Å². The summed E-state index contributed by atoms with van der Waals surface area (Å²) in [7, 11) is 0. The van der Waals surface area contributed by atoms with Gasteiger partial charge in [0, 0.05) is 17.5 Å². The van der Waals surface area contributed by atoms with Gasteiger partial charge in [0.05, 0.1) is 18.2 Å². The summed E-state index contributed by atoms with van der Waals surface area (Å²) in [5.74, 6) is 0.947. The van der Waals surface area contributed by atoms with E-state index in [0.29, 0.717) is 0 Å². The van der Waals surface area contributed by atoms with E-state index in [1.165, 1.54) is 10.9 Å². The molecular formula is C20H17N2O+. The summed E-state index contributed by atoms with van der Waals surface area (Å²) >= 11 is 0. The summed E-state index contributed by atoms with van der Waals surface area (Å²) in [4.78, 5) is 4.89. The second-order valence-corrected chi connectivity index (χ2v) is 5.41. The van der Waals surface area contributed by atoms with E-state index in [2.05, 4.69) is 47.9 Å². The van der Waals surface area contributed by atoms with Crippen LogP contribution in [-0.4, -0.2) is 0 Å². The first-order valence-corrected chi connectivity index (χ1v) is 7.79. The van der Waals surface area contributed by atoms with E-state index in [1.54, 1.807) is 6.26 Å². The van der Waals surface area contributed by atoms with E-state index in [4.69, 9.17) is 9.41 Å². The highest BCUT2D eigenvalue weighted by molar-refractivity contribution is 5.77. The first-order chi connectivity index (χ1) is 11.4. The Morgan fingerprint density at radius 1 is 0.913 bits per heavy atom. The molecule has 0 aliphatic heterocycles. The van der Waals surface area contributed by atoms with Crippen LogP contribution in [0.1, 0.15) is 6.92 Å². The van der Waals surface area contributed by atoms with E-state index in [0.717, 1.165) is 28.7 Å². The maximum absolute atomic E-state index is 5.55. The molecule has 0 aliphatic carbocycles. The van der Waals surface area contributed by atoms with Crippen LogP contribution in [0.25, 0.3) is 21.9 Å². The summed E-state index contributed by atoms with van der Waals surface area (Å²) in [5, 5.41) is 3.16. The molecule has 0 N–H and O–H groups in total. The van der Waals surface area contributed by atoms with Crippen molar-refractivity contribution in [2.75, 3.05) is 0 Å². The van der Waals surface area contributed by atoms with Gasteiger partial charge in [0.2, 0.25) is 0 Å². The first kappa shape index (κ1) is 13.7. The minimum absolute atomic E-state index is 0.845. The monoisotopic (exact) mass is 301 g/mol.